The molecule has 0 saturated heterocycles. The van der Waals surface area contributed by atoms with E-state index >= 15 is 0 Å². The van der Waals surface area contributed by atoms with Crippen LogP contribution in [0.15, 0.2) is 60.7 Å². The number of benzene rings is 2. The zero-order chi connectivity index (χ0) is 13.9. The van der Waals surface area contributed by atoms with Gasteiger partial charge in [0.05, 0.1) is 0 Å². The van der Waals surface area contributed by atoms with E-state index in [1.165, 1.54) is 0 Å². The lowest BCUT2D eigenvalue weighted by atomic mass is 9.84. The van der Waals surface area contributed by atoms with Gasteiger partial charge < -0.3 is 0 Å². The highest BCUT2D eigenvalue weighted by Crippen LogP contribution is 2.38. The van der Waals surface area contributed by atoms with Crippen molar-refractivity contribution in [3.63, 3.8) is 0 Å². The highest BCUT2D eigenvalue weighted by Gasteiger charge is 2.17. The lowest BCUT2D eigenvalue weighted by molar-refractivity contribution is 1.51. The maximum Gasteiger partial charge on any atom is 0.0321 e. The first-order chi connectivity index (χ1) is 9.85. The van der Waals surface area contributed by atoms with Crippen molar-refractivity contribution in [2.24, 2.45) is 0 Å². The average molecular weight is 252 g/mol. The summed E-state index contributed by atoms with van der Waals surface area (Å²) in [5.41, 5.74) is 6.28. The Labute approximate surface area is 119 Å². The van der Waals surface area contributed by atoms with Gasteiger partial charge in [0.1, 0.15) is 0 Å². The van der Waals surface area contributed by atoms with Gasteiger partial charge >= 0.3 is 0 Å². The van der Waals surface area contributed by atoms with Gasteiger partial charge in [-0.2, -0.15) is 0 Å². The summed E-state index contributed by atoms with van der Waals surface area (Å²) in [4.78, 5) is 0. The molecule has 3 rings (SSSR count). The van der Waals surface area contributed by atoms with Crippen LogP contribution in [0.1, 0.15) is 22.3 Å². The van der Waals surface area contributed by atoms with E-state index < -0.39 is 0 Å². The van der Waals surface area contributed by atoms with Crippen molar-refractivity contribution in [1.29, 1.82) is 0 Å². The molecule has 0 aromatic heterocycles. The van der Waals surface area contributed by atoms with Crippen LogP contribution in [-0.4, -0.2) is 0 Å². The van der Waals surface area contributed by atoms with Gasteiger partial charge in [-0.3, -0.25) is 0 Å². The summed E-state index contributed by atoms with van der Waals surface area (Å²) in [6.45, 7) is 0. The molecule has 0 amide bonds. The molecule has 0 aliphatic heterocycles. The Kier molecular flexibility index (Phi) is 3.00. The molecule has 0 bridgehead atoms. The van der Waals surface area contributed by atoms with Gasteiger partial charge in [0.25, 0.3) is 0 Å². The number of terminal acetylenes is 2. The standard InChI is InChI=1S/C20H12/c1-3-15-9-5-7-11-17(15)19-13-14-20(19)18-12-8-6-10-16(18)4-2/h1-2,5-14H. The minimum Gasteiger partial charge on any atom is -0.115 e. The monoisotopic (exact) mass is 252 g/mol. The van der Waals surface area contributed by atoms with E-state index in [0.29, 0.717) is 0 Å². The minimum absolute atomic E-state index is 0.905. The van der Waals surface area contributed by atoms with Crippen LogP contribution in [0.25, 0.3) is 11.1 Å². The largest absolute Gasteiger partial charge is 0.115 e. The van der Waals surface area contributed by atoms with Crippen LogP contribution in [0.2, 0.25) is 0 Å². The highest BCUT2D eigenvalue weighted by atomic mass is 14.2. The van der Waals surface area contributed by atoms with Crippen LogP contribution in [-0.2, 0) is 0 Å². The second-order valence-corrected chi connectivity index (χ2v) is 4.54. The maximum absolute atomic E-state index is 5.58. The van der Waals surface area contributed by atoms with E-state index in [1.807, 2.05) is 48.5 Å². The van der Waals surface area contributed by atoms with E-state index in [9.17, 15) is 0 Å². The normalized spacial score (nSPS) is 12.5. The molecule has 0 unspecified atom stereocenters. The average Bonchev–Trinajstić information content (AvgIpc) is 2.47. The molecule has 2 aromatic rings. The molecule has 1 aliphatic rings. The first-order valence-electron chi connectivity index (χ1n) is 6.39. The predicted molar refractivity (Wildman–Crippen MR) is 84.7 cm³/mol. The molecular formula is C20H12. The Morgan fingerprint density at radius 1 is 0.600 bits per heavy atom. The van der Waals surface area contributed by atoms with Crippen molar-refractivity contribution in [2.45, 2.75) is 0 Å². The first kappa shape index (κ1) is 12.1. The van der Waals surface area contributed by atoms with Crippen LogP contribution in [0.5, 0.6) is 0 Å². The van der Waals surface area contributed by atoms with Gasteiger partial charge in [-0.15, -0.1) is 12.8 Å². The van der Waals surface area contributed by atoms with Gasteiger partial charge in [-0.25, -0.2) is 0 Å². The summed E-state index contributed by atoms with van der Waals surface area (Å²) in [7, 11) is 0. The third-order valence-corrected chi connectivity index (χ3v) is 3.45. The maximum atomic E-state index is 5.58. The molecule has 0 heterocycles. The quantitative estimate of drug-likeness (QED) is 0.705. The lowest BCUT2D eigenvalue weighted by Crippen LogP contribution is -1.99. The Morgan fingerprint density at radius 2 is 1.00 bits per heavy atom. The van der Waals surface area contributed by atoms with Gasteiger partial charge in [0.15, 0.2) is 0 Å². The number of hydrogen-bond acceptors (Lipinski definition) is 0. The first-order valence-corrected chi connectivity index (χ1v) is 6.39. The van der Waals surface area contributed by atoms with E-state index in [2.05, 4.69) is 24.0 Å². The SMILES string of the molecule is C#Cc1ccccc1C1=C(c2ccccc2C#C)C=C1. The second-order valence-electron chi connectivity index (χ2n) is 4.54. The molecule has 0 atom stereocenters. The van der Waals surface area contributed by atoms with E-state index in [4.69, 9.17) is 12.8 Å². The Hall–Kier alpha value is -2.96. The number of allylic oxidation sites excluding steroid dienone is 4. The molecule has 0 fully saturated rings. The molecule has 0 radical (unpaired) electrons. The van der Waals surface area contributed by atoms with Crippen LogP contribution in [0.4, 0.5) is 0 Å². The van der Waals surface area contributed by atoms with Gasteiger partial charge in [-0.1, -0.05) is 60.4 Å². The third kappa shape index (κ3) is 1.85. The molecule has 0 heteroatoms. The van der Waals surface area contributed by atoms with Crippen molar-refractivity contribution in [3.8, 4) is 24.7 Å². The van der Waals surface area contributed by atoms with E-state index in [-0.39, 0.29) is 0 Å². The predicted octanol–water partition coefficient (Wildman–Crippen LogP) is 4.13. The Bertz CT molecular complexity index is 748. The summed E-state index contributed by atoms with van der Waals surface area (Å²) >= 11 is 0. The van der Waals surface area contributed by atoms with Crippen LogP contribution >= 0.6 is 0 Å². The molecule has 0 spiro atoms. The topological polar surface area (TPSA) is 0 Å². The number of rotatable bonds is 2. The van der Waals surface area contributed by atoms with Crippen molar-refractivity contribution < 1.29 is 0 Å². The fraction of sp³-hybridized carbons (Fsp3) is 0. The zero-order valence-electron chi connectivity index (χ0n) is 10.9. The number of hydrogen-bond donors (Lipinski definition) is 0. The fourth-order valence-electron chi connectivity index (χ4n) is 2.41. The molecule has 0 saturated carbocycles. The zero-order valence-corrected chi connectivity index (χ0v) is 10.9. The van der Waals surface area contributed by atoms with Crippen molar-refractivity contribution in [1.82, 2.24) is 0 Å². The second kappa shape index (κ2) is 4.96. The van der Waals surface area contributed by atoms with Crippen molar-refractivity contribution in [3.05, 3.63) is 82.9 Å². The van der Waals surface area contributed by atoms with Crippen molar-refractivity contribution in [2.75, 3.05) is 0 Å². The summed E-state index contributed by atoms with van der Waals surface area (Å²) in [6, 6.07) is 15.9. The Balaban J connectivity index is 2.17. The molecule has 20 heavy (non-hydrogen) atoms. The smallest absolute Gasteiger partial charge is 0.0321 e. The van der Waals surface area contributed by atoms with Crippen LogP contribution in [0.3, 0.4) is 0 Å². The van der Waals surface area contributed by atoms with E-state index in [1.54, 1.807) is 0 Å². The van der Waals surface area contributed by atoms with E-state index in [0.717, 1.165) is 33.4 Å². The molecule has 1 aliphatic carbocycles. The summed E-state index contributed by atoms with van der Waals surface area (Å²) in [5, 5.41) is 0. The molecule has 0 N–H and O–H groups in total. The van der Waals surface area contributed by atoms with Crippen molar-refractivity contribution >= 4 is 11.1 Å². The van der Waals surface area contributed by atoms with Gasteiger partial charge in [-0.05, 0) is 34.4 Å². The molecule has 2 aromatic carbocycles. The Morgan fingerprint density at radius 3 is 1.35 bits per heavy atom. The summed E-state index contributed by atoms with van der Waals surface area (Å²) in [5.74, 6) is 5.47. The molecular weight excluding hydrogens is 240 g/mol. The van der Waals surface area contributed by atoms with Gasteiger partial charge in [0.2, 0.25) is 0 Å². The highest BCUT2D eigenvalue weighted by molar-refractivity contribution is 6.08. The molecule has 0 nitrogen and oxygen atoms in total. The van der Waals surface area contributed by atoms with Crippen LogP contribution in [0, 0.1) is 24.7 Å². The minimum atomic E-state index is 0.905. The lowest BCUT2D eigenvalue weighted by Gasteiger charge is -2.19. The third-order valence-electron chi connectivity index (χ3n) is 3.45. The molecule has 92 valence electrons. The van der Waals surface area contributed by atoms with Gasteiger partial charge in [0, 0.05) is 11.1 Å². The fourth-order valence-corrected chi connectivity index (χ4v) is 2.41. The summed E-state index contributed by atoms with van der Waals surface area (Å²) < 4.78 is 0. The van der Waals surface area contributed by atoms with Crippen LogP contribution < -0.4 is 0 Å². The summed E-state index contributed by atoms with van der Waals surface area (Å²) in [6.07, 6.45) is 15.3.